The van der Waals surface area contributed by atoms with Gasteiger partial charge in [0.05, 0.1) is 18.0 Å². The van der Waals surface area contributed by atoms with Gasteiger partial charge < -0.3 is 14.8 Å². The molecule has 25 heavy (non-hydrogen) atoms. The van der Waals surface area contributed by atoms with Crippen LogP contribution in [-0.4, -0.2) is 36.1 Å². The van der Waals surface area contributed by atoms with Crippen LogP contribution in [0.2, 0.25) is 0 Å². The van der Waals surface area contributed by atoms with Gasteiger partial charge in [-0.3, -0.25) is 4.68 Å². The first-order chi connectivity index (χ1) is 12.1. The van der Waals surface area contributed by atoms with Crippen LogP contribution in [0, 0.1) is 11.6 Å². The summed E-state index contributed by atoms with van der Waals surface area (Å²) in [6.07, 6.45) is 1.93. The van der Waals surface area contributed by atoms with E-state index in [9.17, 15) is 8.78 Å². The molecule has 1 fully saturated rings. The highest BCUT2D eigenvalue weighted by Gasteiger charge is 2.20. The minimum atomic E-state index is -0.610. The fourth-order valence-electron chi connectivity index (χ4n) is 3.26. The van der Waals surface area contributed by atoms with Crippen molar-refractivity contribution in [3.05, 3.63) is 41.1 Å². The van der Waals surface area contributed by atoms with E-state index in [2.05, 4.69) is 10.4 Å². The van der Waals surface area contributed by atoms with Crippen LogP contribution in [-0.2, 0) is 29.7 Å². The molecule has 7 heteroatoms. The fraction of sp³-hybridized carbons (Fsp3) is 0.500. The molecule has 0 radical (unpaired) electrons. The fourth-order valence-corrected chi connectivity index (χ4v) is 3.26. The van der Waals surface area contributed by atoms with Crippen molar-refractivity contribution in [3.8, 4) is 11.3 Å². The lowest BCUT2D eigenvalue weighted by molar-refractivity contribution is 0.0774. The Bertz CT molecular complexity index is 707. The van der Waals surface area contributed by atoms with E-state index >= 15 is 0 Å². The van der Waals surface area contributed by atoms with Gasteiger partial charge in [0.1, 0.15) is 11.6 Å². The molecule has 136 valence electrons. The van der Waals surface area contributed by atoms with Crippen LogP contribution < -0.4 is 5.32 Å². The Labute approximate surface area is 145 Å². The summed E-state index contributed by atoms with van der Waals surface area (Å²) in [7, 11) is 3.37. The van der Waals surface area contributed by atoms with Crippen LogP contribution in [0.1, 0.15) is 24.1 Å². The van der Waals surface area contributed by atoms with Gasteiger partial charge in [0, 0.05) is 57.2 Å². The quantitative estimate of drug-likeness (QED) is 0.869. The standard InChI is InChI=1S/C18H23F2N3O2/c1-23-18(12-7-13(19)9-14(20)8-12)16(11-24-2)17(22-23)10-21-15-3-5-25-6-4-15/h7-9,15,21H,3-6,10-11H2,1-2H3. The van der Waals surface area contributed by atoms with Crippen molar-refractivity contribution < 1.29 is 18.3 Å². The maximum Gasteiger partial charge on any atom is 0.126 e. The maximum atomic E-state index is 13.6. The summed E-state index contributed by atoms with van der Waals surface area (Å²) in [5, 5.41) is 8.04. The van der Waals surface area contributed by atoms with E-state index in [-0.39, 0.29) is 0 Å². The molecule has 0 unspecified atom stereocenters. The molecule has 0 aliphatic carbocycles. The molecule has 1 N–H and O–H groups in total. The summed E-state index contributed by atoms with van der Waals surface area (Å²) in [4.78, 5) is 0. The smallest absolute Gasteiger partial charge is 0.126 e. The highest BCUT2D eigenvalue weighted by Crippen LogP contribution is 2.28. The van der Waals surface area contributed by atoms with Crippen molar-refractivity contribution in [3.63, 3.8) is 0 Å². The van der Waals surface area contributed by atoms with Gasteiger partial charge in [-0.15, -0.1) is 0 Å². The number of hydrogen-bond acceptors (Lipinski definition) is 4. The maximum absolute atomic E-state index is 13.6. The molecule has 1 aromatic carbocycles. The monoisotopic (exact) mass is 351 g/mol. The van der Waals surface area contributed by atoms with E-state index in [1.54, 1.807) is 18.8 Å². The van der Waals surface area contributed by atoms with Gasteiger partial charge in [0.15, 0.2) is 0 Å². The molecule has 1 aliphatic rings. The van der Waals surface area contributed by atoms with Gasteiger partial charge in [-0.2, -0.15) is 5.10 Å². The Kier molecular flexibility index (Phi) is 5.78. The number of methoxy groups -OCH3 is 1. The number of ether oxygens (including phenoxy) is 2. The zero-order chi connectivity index (χ0) is 17.8. The van der Waals surface area contributed by atoms with Gasteiger partial charge in [-0.1, -0.05) is 0 Å². The molecule has 0 atom stereocenters. The van der Waals surface area contributed by atoms with Gasteiger partial charge in [0.25, 0.3) is 0 Å². The van der Waals surface area contributed by atoms with E-state index in [0.717, 1.165) is 43.4 Å². The Morgan fingerprint density at radius 3 is 2.56 bits per heavy atom. The van der Waals surface area contributed by atoms with Crippen molar-refractivity contribution >= 4 is 0 Å². The predicted molar refractivity (Wildman–Crippen MR) is 90.0 cm³/mol. The Morgan fingerprint density at radius 1 is 1.24 bits per heavy atom. The van der Waals surface area contributed by atoms with Gasteiger partial charge in [-0.25, -0.2) is 8.78 Å². The third-order valence-corrected chi connectivity index (χ3v) is 4.43. The van der Waals surface area contributed by atoms with E-state index < -0.39 is 11.6 Å². The normalized spacial score (nSPS) is 15.7. The summed E-state index contributed by atoms with van der Waals surface area (Å²) >= 11 is 0. The topological polar surface area (TPSA) is 48.3 Å². The number of benzene rings is 1. The first-order valence-electron chi connectivity index (χ1n) is 8.39. The van der Waals surface area contributed by atoms with Crippen LogP contribution >= 0.6 is 0 Å². The molecule has 1 aromatic heterocycles. The Hall–Kier alpha value is -1.83. The molecule has 1 saturated heterocycles. The zero-order valence-corrected chi connectivity index (χ0v) is 14.5. The number of rotatable bonds is 6. The average molecular weight is 351 g/mol. The second-order valence-electron chi connectivity index (χ2n) is 6.26. The summed E-state index contributed by atoms with van der Waals surface area (Å²) in [5.74, 6) is -1.22. The van der Waals surface area contributed by atoms with E-state index in [4.69, 9.17) is 9.47 Å². The number of hydrogen-bond donors (Lipinski definition) is 1. The number of nitrogens with zero attached hydrogens (tertiary/aromatic N) is 2. The Morgan fingerprint density at radius 2 is 1.92 bits per heavy atom. The van der Waals surface area contributed by atoms with E-state index in [1.807, 2.05) is 0 Å². The van der Waals surface area contributed by atoms with Gasteiger partial charge in [-0.05, 0) is 25.0 Å². The third kappa shape index (κ3) is 4.23. The SMILES string of the molecule is COCc1c(CNC2CCOCC2)nn(C)c1-c1cc(F)cc(F)c1. The molecule has 3 rings (SSSR count). The molecule has 1 aliphatic heterocycles. The van der Waals surface area contributed by atoms with Crippen LogP contribution in [0.4, 0.5) is 8.78 Å². The second kappa shape index (κ2) is 8.03. The summed E-state index contributed by atoms with van der Waals surface area (Å²) < 4.78 is 39.6. The first kappa shape index (κ1) is 18.0. The summed E-state index contributed by atoms with van der Waals surface area (Å²) in [6.45, 7) is 2.43. The molecule has 2 aromatic rings. The lowest BCUT2D eigenvalue weighted by Gasteiger charge is -2.23. The van der Waals surface area contributed by atoms with Crippen molar-refractivity contribution in [1.29, 1.82) is 0 Å². The molecule has 5 nitrogen and oxygen atoms in total. The second-order valence-corrected chi connectivity index (χ2v) is 6.26. The highest BCUT2D eigenvalue weighted by atomic mass is 19.1. The molecule has 0 saturated carbocycles. The molecular formula is C18H23F2N3O2. The van der Waals surface area contributed by atoms with Crippen LogP contribution in [0.15, 0.2) is 18.2 Å². The lowest BCUT2D eigenvalue weighted by Crippen LogP contribution is -2.34. The molecule has 0 amide bonds. The molecule has 0 spiro atoms. The van der Waals surface area contributed by atoms with Crippen LogP contribution in [0.25, 0.3) is 11.3 Å². The Balaban J connectivity index is 1.88. The van der Waals surface area contributed by atoms with Gasteiger partial charge >= 0.3 is 0 Å². The van der Waals surface area contributed by atoms with E-state index in [0.29, 0.717) is 30.5 Å². The summed E-state index contributed by atoms with van der Waals surface area (Å²) in [6, 6.07) is 3.88. The van der Waals surface area contributed by atoms with Crippen molar-refractivity contribution in [2.24, 2.45) is 7.05 Å². The predicted octanol–water partition coefficient (Wildman–Crippen LogP) is 2.78. The van der Waals surface area contributed by atoms with Crippen molar-refractivity contribution in [1.82, 2.24) is 15.1 Å². The first-order valence-corrected chi connectivity index (χ1v) is 8.39. The molecular weight excluding hydrogens is 328 g/mol. The number of aryl methyl sites for hydroxylation is 1. The third-order valence-electron chi connectivity index (χ3n) is 4.43. The van der Waals surface area contributed by atoms with Crippen molar-refractivity contribution in [2.45, 2.75) is 32.0 Å². The zero-order valence-electron chi connectivity index (χ0n) is 14.5. The summed E-state index contributed by atoms with van der Waals surface area (Å²) in [5.41, 5.74) is 2.80. The van der Waals surface area contributed by atoms with Crippen LogP contribution in [0.5, 0.6) is 0 Å². The number of aromatic nitrogens is 2. The van der Waals surface area contributed by atoms with Crippen molar-refractivity contribution in [2.75, 3.05) is 20.3 Å². The van der Waals surface area contributed by atoms with Gasteiger partial charge in [0.2, 0.25) is 0 Å². The molecule has 2 heterocycles. The lowest BCUT2D eigenvalue weighted by atomic mass is 10.0. The van der Waals surface area contributed by atoms with Crippen LogP contribution in [0.3, 0.4) is 0 Å². The highest BCUT2D eigenvalue weighted by molar-refractivity contribution is 5.64. The number of halogens is 2. The number of nitrogens with one attached hydrogen (secondary N) is 1. The average Bonchev–Trinajstić information content (AvgIpc) is 2.89. The minimum Gasteiger partial charge on any atom is -0.381 e. The molecule has 0 bridgehead atoms. The largest absolute Gasteiger partial charge is 0.381 e. The minimum absolute atomic E-state index is 0.325. The van der Waals surface area contributed by atoms with E-state index in [1.165, 1.54) is 12.1 Å².